The number of nitrogens with zero attached hydrogens (tertiary/aromatic N) is 2. The molecule has 0 amide bonds. The fraction of sp³-hybridized carbons (Fsp3) is 0.231. The van der Waals surface area contributed by atoms with Gasteiger partial charge in [-0.15, -0.1) is 0 Å². The number of rotatable bonds is 3. The van der Waals surface area contributed by atoms with Crippen LogP contribution in [0, 0.1) is 5.82 Å². The highest BCUT2D eigenvalue weighted by molar-refractivity contribution is 6.33. The van der Waals surface area contributed by atoms with Gasteiger partial charge in [-0.1, -0.05) is 23.2 Å². The molecule has 1 aromatic heterocycles. The highest BCUT2D eigenvalue weighted by Gasteiger charge is 2.34. The van der Waals surface area contributed by atoms with E-state index >= 15 is 0 Å². The van der Waals surface area contributed by atoms with Gasteiger partial charge in [-0.2, -0.15) is 5.10 Å². The highest BCUT2D eigenvalue weighted by atomic mass is 35.5. The summed E-state index contributed by atoms with van der Waals surface area (Å²) in [6, 6.07) is 4.08. The Hall–Kier alpha value is -1.59. The maximum atomic E-state index is 13.5. The molecule has 1 saturated carbocycles. The Labute approximate surface area is 123 Å². The summed E-state index contributed by atoms with van der Waals surface area (Å²) < 4.78 is 14.7. The largest absolute Gasteiger partial charge is 0.478 e. The second-order valence-corrected chi connectivity index (χ2v) is 5.41. The molecule has 1 aromatic carbocycles. The maximum Gasteiger partial charge on any atom is 0.340 e. The lowest BCUT2D eigenvalue weighted by Crippen LogP contribution is -2.00. The third-order valence-electron chi connectivity index (χ3n) is 3.18. The van der Waals surface area contributed by atoms with Crippen LogP contribution >= 0.6 is 23.2 Å². The van der Waals surface area contributed by atoms with Crippen LogP contribution in [0.25, 0.3) is 5.69 Å². The molecular formula is C13H9Cl2FN2O2. The van der Waals surface area contributed by atoms with Crippen LogP contribution in [-0.2, 0) is 0 Å². The minimum absolute atomic E-state index is 0.00970. The van der Waals surface area contributed by atoms with Crippen molar-refractivity contribution in [3.8, 4) is 5.69 Å². The van der Waals surface area contributed by atoms with E-state index in [2.05, 4.69) is 5.10 Å². The number of hydrogen-bond acceptors (Lipinski definition) is 2. The fourth-order valence-corrected chi connectivity index (χ4v) is 2.47. The molecule has 0 radical (unpaired) electrons. The van der Waals surface area contributed by atoms with Crippen molar-refractivity contribution in [2.75, 3.05) is 0 Å². The normalized spacial score (nSPS) is 14.6. The van der Waals surface area contributed by atoms with E-state index in [0.717, 1.165) is 12.8 Å². The molecule has 0 saturated heterocycles. The number of halogens is 3. The smallest absolute Gasteiger partial charge is 0.340 e. The first kappa shape index (κ1) is 13.4. The lowest BCUT2D eigenvalue weighted by Gasteiger charge is -2.04. The molecule has 4 nitrogen and oxygen atoms in total. The van der Waals surface area contributed by atoms with Crippen LogP contribution in [0.4, 0.5) is 4.39 Å². The first-order chi connectivity index (χ1) is 9.49. The molecular weight excluding hydrogens is 306 g/mol. The number of carboxylic acid groups (broad SMARTS) is 1. The van der Waals surface area contributed by atoms with Crippen LogP contribution in [0.15, 0.2) is 18.2 Å². The van der Waals surface area contributed by atoms with Gasteiger partial charge < -0.3 is 5.11 Å². The van der Waals surface area contributed by atoms with Crippen LogP contribution in [0.3, 0.4) is 0 Å². The number of carboxylic acids is 1. The average Bonchev–Trinajstić information content (AvgIpc) is 3.16. The standard InChI is InChI=1S/C13H9Cl2FN2O2/c14-8-4-3-7(5-9(8)16)18-12(15)10(13(19)20)11(17-18)6-1-2-6/h3-6H,1-2H2,(H,19,20). The zero-order valence-corrected chi connectivity index (χ0v) is 11.6. The second-order valence-electron chi connectivity index (χ2n) is 4.64. The molecule has 0 bridgehead atoms. The van der Waals surface area contributed by atoms with Crippen molar-refractivity contribution in [2.45, 2.75) is 18.8 Å². The molecule has 0 aliphatic heterocycles. The van der Waals surface area contributed by atoms with Gasteiger partial charge in [-0.3, -0.25) is 0 Å². The summed E-state index contributed by atoms with van der Waals surface area (Å²) in [6.07, 6.45) is 1.78. The topological polar surface area (TPSA) is 55.1 Å². The molecule has 1 aliphatic carbocycles. The van der Waals surface area contributed by atoms with Crippen LogP contribution in [0.1, 0.15) is 34.8 Å². The van der Waals surface area contributed by atoms with E-state index < -0.39 is 11.8 Å². The van der Waals surface area contributed by atoms with Crippen LogP contribution in [0.5, 0.6) is 0 Å². The number of aromatic carboxylic acids is 1. The van der Waals surface area contributed by atoms with Crippen LogP contribution < -0.4 is 0 Å². The van der Waals surface area contributed by atoms with E-state index in [4.69, 9.17) is 23.2 Å². The minimum Gasteiger partial charge on any atom is -0.478 e. The van der Waals surface area contributed by atoms with Crippen molar-refractivity contribution in [2.24, 2.45) is 0 Å². The molecule has 3 rings (SSSR count). The van der Waals surface area contributed by atoms with Crippen molar-refractivity contribution in [3.05, 3.63) is 45.4 Å². The monoisotopic (exact) mass is 314 g/mol. The van der Waals surface area contributed by atoms with Gasteiger partial charge in [0.15, 0.2) is 0 Å². The Morgan fingerprint density at radius 2 is 2.10 bits per heavy atom. The van der Waals surface area contributed by atoms with Gasteiger partial charge in [-0.05, 0) is 25.0 Å². The Bertz CT molecular complexity index is 711. The van der Waals surface area contributed by atoms with E-state index in [1.807, 2.05) is 0 Å². The fourth-order valence-electron chi connectivity index (χ4n) is 2.04. The van der Waals surface area contributed by atoms with E-state index in [-0.39, 0.29) is 21.7 Å². The predicted octanol–water partition coefficient (Wildman–Crippen LogP) is 3.89. The molecule has 104 valence electrons. The van der Waals surface area contributed by atoms with Crippen molar-refractivity contribution in [1.29, 1.82) is 0 Å². The molecule has 0 spiro atoms. The summed E-state index contributed by atoms with van der Waals surface area (Å²) in [5.41, 5.74) is 0.786. The summed E-state index contributed by atoms with van der Waals surface area (Å²) in [5.74, 6) is -1.62. The lowest BCUT2D eigenvalue weighted by atomic mass is 10.2. The average molecular weight is 315 g/mol. The van der Waals surface area contributed by atoms with Crippen LogP contribution in [0.2, 0.25) is 10.2 Å². The number of hydrogen-bond donors (Lipinski definition) is 1. The number of carbonyl (C=O) groups is 1. The molecule has 0 atom stereocenters. The van der Waals surface area contributed by atoms with Gasteiger partial charge >= 0.3 is 5.97 Å². The lowest BCUT2D eigenvalue weighted by molar-refractivity contribution is 0.0696. The van der Waals surface area contributed by atoms with Gasteiger partial charge in [0.25, 0.3) is 0 Å². The Kier molecular flexibility index (Phi) is 3.18. The van der Waals surface area contributed by atoms with Gasteiger partial charge in [0.05, 0.1) is 16.4 Å². The van der Waals surface area contributed by atoms with Crippen LogP contribution in [-0.4, -0.2) is 20.9 Å². The summed E-state index contributed by atoms with van der Waals surface area (Å²) in [7, 11) is 0. The van der Waals surface area contributed by atoms with Crippen molar-refractivity contribution < 1.29 is 14.3 Å². The van der Waals surface area contributed by atoms with Crippen molar-refractivity contribution in [3.63, 3.8) is 0 Å². The van der Waals surface area contributed by atoms with Gasteiger partial charge in [-0.25, -0.2) is 13.9 Å². The Balaban J connectivity index is 2.16. The molecule has 1 heterocycles. The quantitative estimate of drug-likeness (QED) is 0.935. The van der Waals surface area contributed by atoms with E-state index in [1.54, 1.807) is 0 Å². The highest BCUT2D eigenvalue weighted by Crippen LogP contribution is 2.43. The summed E-state index contributed by atoms with van der Waals surface area (Å²) >= 11 is 11.7. The molecule has 7 heteroatoms. The third kappa shape index (κ3) is 2.17. The zero-order valence-electron chi connectivity index (χ0n) is 10.1. The molecule has 0 unspecified atom stereocenters. The van der Waals surface area contributed by atoms with Gasteiger partial charge in [0.2, 0.25) is 0 Å². The van der Waals surface area contributed by atoms with E-state index in [0.29, 0.717) is 11.4 Å². The second kappa shape index (κ2) is 4.75. The maximum absolute atomic E-state index is 13.5. The number of aromatic nitrogens is 2. The van der Waals surface area contributed by atoms with E-state index in [9.17, 15) is 14.3 Å². The van der Waals surface area contributed by atoms with Crippen molar-refractivity contribution in [1.82, 2.24) is 9.78 Å². The predicted molar refractivity (Wildman–Crippen MR) is 72.5 cm³/mol. The Morgan fingerprint density at radius 1 is 1.40 bits per heavy atom. The Morgan fingerprint density at radius 3 is 2.65 bits per heavy atom. The summed E-state index contributed by atoms with van der Waals surface area (Å²) in [4.78, 5) is 11.3. The first-order valence-electron chi connectivity index (χ1n) is 5.96. The molecule has 2 aromatic rings. The van der Waals surface area contributed by atoms with Crippen molar-refractivity contribution >= 4 is 29.2 Å². The number of benzene rings is 1. The molecule has 1 aliphatic rings. The minimum atomic E-state index is -1.13. The molecule has 1 fully saturated rings. The van der Waals surface area contributed by atoms with E-state index in [1.165, 1.54) is 22.9 Å². The summed E-state index contributed by atoms with van der Waals surface area (Å²) in [5, 5.41) is 13.4. The SMILES string of the molecule is O=C(O)c1c(C2CC2)nn(-c2ccc(Cl)c(F)c2)c1Cl. The summed E-state index contributed by atoms with van der Waals surface area (Å²) in [6.45, 7) is 0. The van der Waals surface area contributed by atoms with Gasteiger partial charge in [0, 0.05) is 12.0 Å². The first-order valence-corrected chi connectivity index (χ1v) is 6.71. The zero-order chi connectivity index (χ0) is 14.4. The molecule has 20 heavy (non-hydrogen) atoms. The molecule has 1 N–H and O–H groups in total. The van der Waals surface area contributed by atoms with Gasteiger partial charge in [0.1, 0.15) is 16.5 Å². The third-order valence-corrected chi connectivity index (χ3v) is 3.84.